The first kappa shape index (κ1) is 16.0. The lowest BCUT2D eigenvalue weighted by molar-refractivity contribution is -0.112. The number of nitrogens with zero attached hydrogens (tertiary/aromatic N) is 3. The van der Waals surface area contributed by atoms with Crippen molar-refractivity contribution in [2.45, 2.75) is 13.3 Å². The number of fused-ring (bicyclic) bond motifs is 1. The predicted octanol–water partition coefficient (Wildman–Crippen LogP) is 4.10. The van der Waals surface area contributed by atoms with Crippen molar-refractivity contribution in [2.75, 3.05) is 0 Å². The number of hydrogen-bond acceptors (Lipinski definition) is 3. The summed E-state index contributed by atoms with van der Waals surface area (Å²) >= 11 is 0. The molecule has 0 aliphatic carbocycles. The average molecular weight is 342 g/mol. The number of benzene rings is 1. The SMILES string of the molecule is CC(=O)/C=C/Cc1c[nH]c2ncc(-c3cnn(-c4ccccc4)c3)cc12. The maximum atomic E-state index is 11.1. The fraction of sp³-hybridized carbons (Fsp3) is 0.0952. The summed E-state index contributed by atoms with van der Waals surface area (Å²) in [6.45, 7) is 1.55. The third kappa shape index (κ3) is 3.19. The highest BCUT2D eigenvalue weighted by atomic mass is 16.1. The Hall–Kier alpha value is -3.47. The quantitative estimate of drug-likeness (QED) is 0.555. The highest BCUT2D eigenvalue weighted by Gasteiger charge is 2.08. The third-order valence-corrected chi connectivity index (χ3v) is 4.24. The van der Waals surface area contributed by atoms with Gasteiger partial charge in [-0.1, -0.05) is 24.3 Å². The number of ketones is 1. The van der Waals surface area contributed by atoms with E-state index in [9.17, 15) is 4.79 Å². The van der Waals surface area contributed by atoms with Gasteiger partial charge in [-0.2, -0.15) is 5.10 Å². The number of allylic oxidation sites excluding steroid dienone is 2. The molecule has 0 unspecified atom stereocenters. The topological polar surface area (TPSA) is 63.6 Å². The monoisotopic (exact) mass is 342 g/mol. The van der Waals surface area contributed by atoms with E-state index >= 15 is 0 Å². The van der Waals surface area contributed by atoms with Crippen LogP contribution in [-0.2, 0) is 11.2 Å². The molecule has 5 heteroatoms. The molecular formula is C21H18N4O. The summed E-state index contributed by atoms with van der Waals surface area (Å²) in [7, 11) is 0. The number of carbonyl (C=O) groups excluding carboxylic acids is 1. The summed E-state index contributed by atoms with van der Waals surface area (Å²) in [5.74, 6) is 0.0528. The van der Waals surface area contributed by atoms with Gasteiger partial charge in [0.25, 0.3) is 0 Å². The van der Waals surface area contributed by atoms with Crippen molar-refractivity contribution in [3.05, 3.63) is 78.9 Å². The van der Waals surface area contributed by atoms with Crippen molar-refractivity contribution in [1.29, 1.82) is 0 Å². The molecule has 1 N–H and O–H groups in total. The summed E-state index contributed by atoms with van der Waals surface area (Å²) in [4.78, 5) is 18.8. The number of carbonyl (C=O) groups is 1. The largest absolute Gasteiger partial charge is 0.346 e. The van der Waals surface area contributed by atoms with Gasteiger partial charge in [0, 0.05) is 35.1 Å². The zero-order valence-corrected chi connectivity index (χ0v) is 14.4. The maximum absolute atomic E-state index is 11.1. The zero-order valence-electron chi connectivity index (χ0n) is 14.4. The third-order valence-electron chi connectivity index (χ3n) is 4.24. The second kappa shape index (κ2) is 6.80. The van der Waals surface area contributed by atoms with E-state index in [0.29, 0.717) is 6.42 Å². The van der Waals surface area contributed by atoms with Crippen LogP contribution >= 0.6 is 0 Å². The minimum Gasteiger partial charge on any atom is -0.346 e. The van der Waals surface area contributed by atoms with Crippen LogP contribution in [0.5, 0.6) is 0 Å². The van der Waals surface area contributed by atoms with Gasteiger partial charge in [-0.25, -0.2) is 9.67 Å². The average Bonchev–Trinajstić information content (AvgIpc) is 3.29. The molecule has 0 radical (unpaired) electrons. The van der Waals surface area contributed by atoms with Crippen molar-refractivity contribution in [3.8, 4) is 16.8 Å². The van der Waals surface area contributed by atoms with Gasteiger partial charge in [-0.3, -0.25) is 4.79 Å². The van der Waals surface area contributed by atoms with Gasteiger partial charge in [-0.05, 0) is 43.2 Å². The number of para-hydroxylation sites is 1. The fourth-order valence-corrected chi connectivity index (χ4v) is 2.93. The van der Waals surface area contributed by atoms with E-state index in [4.69, 9.17) is 0 Å². The molecule has 5 nitrogen and oxygen atoms in total. The van der Waals surface area contributed by atoms with Crippen LogP contribution < -0.4 is 0 Å². The predicted molar refractivity (Wildman–Crippen MR) is 102 cm³/mol. The van der Waals surface area contributed by atoms with Crippen LogP contribution in [0.2, 0.25) is 0 Å². The smallest absolute Gasteiger partial charge is 0.152 e. The highest BCUT2D eigenvalue weighted by Crippen LogP contribution is 2.25. The molecule has 0 aliphatic rings. The molecule has 3 aromatic heterocycles. The molecule has 0 saturated heterocycles. The van der Waals surface area contributed by atoms with Crippen LogP contribution in [0.1, 0.15) is 12.5 Å². The van der Waals surface area contributed by atoms with Crippen molar-refractivity contribution < 1.29 is 4.79 Å². The zero-order chi connectivity index (χ0) is 17.9. The molecule has 0 aliphatic heterocycles. The molecule has 26 heavy (non-hydrogen) atoms. The molecule has 0 saturated carbocycles. The second-order valence-electron chi connectivity index (χ2n) is 6.16. The van der Waals surface area contributed by atoms with E-state index in [-0.39, 0.29) is 5.78 Å². The molecule has 0 bridgehead atoms. The van der Waals surface area contributed by atoms with E-state index in [1.165, 1.54) is 0 Å². The van der Waals surface area contributed by atoms with Crippen LogP contribution in [0.25, 0.3) is 27.8 Å². The summed E-state index contributed by atoms with van der Waals surface area (Å²) in [6.07, 6.45) is 11.8. The number of aromatic nitrogens is 4. The number of rotatable bonds is 5. The molecule has 0 amide bonds. The van der Waals surface area contributed by atoms with Gasteiger partial charge in [0.15, 0.2) is 5.78 Å². The van der Waals surface area contributed by atoms with Crippen LogP contribution in [0, 0.1) is 0 Å². The normalized spacial score (nSPS) is 11.4. The molecule has 4 rings (SSSR count). The molecule has 0 fully saturated rings. The maximum Gasteiger partial charge on any atom is 0.152 e. The number of aromatic amines is 1. The highest BCUT2D eigenvalue weighted by molar-refractivity contribution is 5.88. The van der Waals surface area contributed by atoms with E-state index in [2.05, 4.69) is 21.1 Å². The Kier molecular flexibility index (Phi) is 4.19. The Morgan fingerprint density at radius 3 is 2.85 bits per heavy atom. The van der Waals surface area contributed by atoms with Gasteiger partial charge in [0.05, 0.1) is 11.9 Å². The van der Waals surface area contributed by atoms with Crippen LogP contribution in [0.15, 0.2) is 73.3 Å². The van der Waals surface area contributed by atoms with Crippen LogP contribution in [0.3, 0.4) is 0 Å². The van der Waals surface area contributed by atoms with Crippen molar-refractivity contribution in [3.63, 3.8) is 0 Å². The number of H-pyrrole nitrogens is 1. The number of nitrogens with one attached hydrogen (secondary N) is 1. The lowest BCUT2D eigenvalue weighted by Crippen LogP contribution is -1.92. The van der Waals surface area contributed by atoms with E-state index in [1.807, 2.05) is 65.9 Å². The first-order valence-electron chi connectivity index (χ1n) is 8.44. The van der Waals surface area contributed by atoms with Gasteiger partial charge in [-0.15, -0.1) is 0 Å². The Balaban J connectivity index is 1.67. The van der Waals surface area contributed by atoms with Gasteiger partial charge >= 0.3 is 0 Å². The van der Waals surface area contributed by atoms with Gasteiger partial charge in [0.1, 0.15) is 5.65 Å². The standard InChI is InChI=1S/C21H18N4O/c1-15(26)6-5-7-16-11-22-21-20(16)10-17(12-23-21)18-13-24-25(14-18)19-8-3-2-4-9-19/h2-6,8-14H,7H2,1H3,(H,22,23)/b6-5+. The molecule has 128 valence electrons. The Morgan fingerprint density at radius 1 is 1.19 bits per heavy atom. The van der Waals surface area contributed by atoms with Crippen molar-refractivity contribution in [2.24, 2.45) is 0 Å². The molecule has 1 aromatic carbocycles. The molecule has 4 aromatic rings. The second-order valence-corrected chi connectivity index (χ2v) is 6.16. The van der Waals surface area contributed by atoms with Crippen molar-refractivity contribution >= 4 is 16.8 Å². The molecular weight excluding hydrogens is 324 g/mol. The van der Waals surface area contributed by atoms with E-state index in [0.717, 1.165) is 33.4 Å². The van der Waals surface area contributed by atoms with Crippen molar-refractivity contribution in [1.82, 2.24) is 19.7 Å². The van der Waals surface area contributed by atoms with Gasteiger partial charge in [0.2, 0.25) is 0 Å². The minimum atomic E-state index is 0.0528. The number of pyridine rings is 1. The lowest BCUT2D eigenvalue weighted by atomic mass is 10.1. The van der Waals surface area contributed by atoms with E-state index < -0.39 is 0 Å². The summed E-state index contributed by atoms with van der Waals surface area (Å²) in [5, 5.41) is 5.51. The Bertz CT molecular complexity index is 1090. The van der Waals surface area contributed by atoms with Crippen LogP contribution in [0.4, 0.5) is 0 Å². The first-order chi connectivity index (χ1) is 12.7. The summed E-state index contributed by atoms with van der Waals surface area (Å²) in [6, 6.07) is 12.1. The van der Waals surface area contributed by atoms with Crippen LogP contribution in [-0.4, -0.2) is 25.5 Å². The Labute approximate surface area is 151 Å². The first-order valence-corrected chi connectivity index (χ1v) is 8.44. The Morgan fingerprint density at radius 2 is 2.04 bits per heavy atom. The lowest BCUT2D eigenvalue weighted by Gasteiger charge is -2.00. The number of hydrogen-bond donors (Lipinski definition) is 1. The summed E-state index contributed by atoms with van der Waals surface area (Å²) in [5.41, 5.74) is 4.99. The molecule has 0 spiro atoms. The molecule has 3 heterocycles. The fourth-order valence-electron chi connectivity index (χ4n) is 2.93. The molecule has 0 atom stereocenters. The van der Waals surface area contributed by atoms with E-state index in [1.54, 1.807) is 13.0 Å². The van der Waals surface area contributed by atoms with Gasteiger partial charge < -0.3 is 4.98 Å². The minimum absolute atomic E-state index is 0.0528. The summed E-state index contributed by atoms with van der Waals surface area (Å²) < 4.78 is 1.85.